The largest absolute Gasteiger partial charge is 0.478 e. The fourth-order valence-corrected chi connectivity index (χ4v) is 2.25. The Kier molecular flexibility index (Phi) is 4.29. The minimum atomic E-state index is -0.954. The summed E-state index contributed by atoms with van der Waals surface area (Å²) >= 11 is 0. The summed E-state index contributed by atoms with van der Waals surface area (Å²) in [5.41, 5.74) is 3.46. The van der Waals surface area contributed by atoms with Crippen molar-refractivity contribution in [3.63, 3.8) is 0 Å². The quantitative estimate of drug-likeness (QED) is 0.755. The van der Waals surface area contributed by atoms with Crippen LogP contribution in [0, 0.1) is 0 Å². The van der Waals surface area contributed by atoms with E-state index in [2.05, 4.69) is 15.3 Å². The second-order valence-electron chi connectivity index (χ2n) is 5.00. The number of anilines is 1. The van der Waals surface area contributed by atoms with Crippen molar-refractivity contribution < 1.29 is 9.90 Å². The molecule has 1 aromatic carbocycles. The van der Waals surface area contributed by atoms with Crippen molar-refractivity contribution >= 4 is 11.7 Å². The first-order chi connectivity index (χ1) is 11.2. The predicted molar refractivity (Wildman–Crippen MR) is 88.2 cm³/mol. The van der Waals surface area contributed by atoms with Gasteiger partial charge >= 0.3 is 5.97 Å². The fourth-order valence-electron chi connectivity index (χ4n) is 2.25. The minimum absolute atomic E-state index is 0.251. The summed E-state index contributed by atoms with van der Waals surface area (Å²) in [5, 5.41) is 12.5. The Labute approximate surface area is 133 Å². The fraction of sp³-hybridized carbons (Fsp3) is 0.0556. The number of nitrogens with zero attached hydrogens (tertiary/aromatic N) is 2. The maximum Gasteiger partial charge on any atom is 0.336 e. The van der Waals surface area contributed by atoms with Gasteiger partial charge in [-0.05, 0) is 29.8 Å². The lowest BCUT2D eigenvalue weighted by molar-refractivity contribution is 0.0697. The van der Waals surface area contributed by atoms with Crippen LogP contribution in [-0.2, 0) is 6.54 Å². The lowest BCUT2D eigenvalue weighted by atomic mass is 10.0. The van der Waals surface area contributed by atoms with Crippen molar-refractivity contribution in [2.45, 2.75) is 6.54 Å². The maximum absolute atomic E-state index is 11.3. The number of nitrogens with one attached hydrogen (secondary N) is 1. The zero-order valence-corrected chi connectivity index (χ0v) is 12.3. The predicted octanol–water partition coefficient (Wildman–Crippen LogP) is 3.45. The molecule has 0 aliphatic carbocycles. The van der Waals surface area contributed by atoms with Crippen LogP contribution in [0.3, 0.4) is 0 Å². The van der Waals surface area contributed by atoms with Crippen LogP contribution in [0.15, 0.2) is 67.1 Å². The second-order valence-corrected chi connectivity index (χ2v) is 5.00. The van der Waals surface area contributed by atoms with E-state index in [1.165, 1.54) is 0 Å². The number of pyridine rings is 2. The van der Waals surface area contributed by atoms with Crippen LogP contribution in [0.25, 0.3) is 11.3 Å². The Hall–Kier alpha value is -3.21. The van der Waals surface area contributed by atoms with Crippen molar-refractivity contribution in [2.75, 3.05) is 5.32 Å². The summed E-state index contributed by atoms with van der Waals surface area (Å²) in [6.07, 6.45) is 5.23. The molecule has 0 bridgehead atoms. The van der Waals surface area contributed by atoms with Gasteiger partial charge in [-0.15, -0.1) is 0 Å². The summed E-state index contributed by atoms with van der Waals surface area (Å²) in [5.74, 6) is -0.954. The first-order valence-corrected chi connectivity index (χ1v) is 7.15. The number of hydrogen-bond donors (Lipinski definition) is 2. The molecule has 0 aliphatic rings. The standard InChI is InChI=1S/C18H15N3O2/c22-18(23)16-6-2-1-5-15(16)17-8-7-13(11-21-17)10-20-14-4-3-9-19-12-14/h1-9,11-12,20H,10H2,(H,22,23). The van der Waals surface area contributed by atoms with E-state index in [4.69, 9.17) is 0 Å². The first kappa shape index (κ1) is 14.7. The van der Waals surface area contributed by atoms with Crippen LogP contribution in [-0.4, -0.2) is 21.0 Å². The van der Waals surface area contributed by atoms with Crippen LogP contribution in [0.2, 0.25) is 0 Å². The third-order valence-corrected chi connectivity index (χ3v) is 3.42. The molecule has 23 heavy (non-hydrogen) atoms. The van der Waals surface area contributed by atoms with E-state index in [0.717, 1.165) is 11.3 Å². The monoisotopic (exact) mass is 305 g/mol. The smallest absolute Gasteiger partial charge is 0.336 e. The molecule has 0 saturated heterocycles. The highest BCUT2D eigenvalue weighted by molar-refractivity contribution is 5.95. The molecule has 0 amide bonds. The van der Waals surface area contributed by atoms with Crippen molar-refractivity contribution in [1.82, 2.24) is 9.97 Å². The second kappa shape index (κ2) is 6.70. The number of rotatable bonds is 5. The topological polar surface area (TPSA) is 75.1 Å². The van der Waals surface area contributed by atoms with Gasteiger partial charge < -0.3 is 10.4 Å². The van der Waals surface area contributed by atoms with Gasteiger partial charge in [0.15, 0.2) is 0 Å². The zero-order chi connectivity index (χ0) is 16.1. The summed E-state index contributed by atoms with van der Waals surface area (Å²) in [7, 11) is 0. The Morgan fingerprint density at radius 1 is 1.04 bits per heavy atom. The zero-order valence-electron chi connectivity index (χ0n) is 12.3. The van der Waals surface area contributed by atoms with Crippen LogP contribution in [0.1, 0.15) is 15.9 Å². The van der Waals surface area contributed by atoms with Crippen molar-refractivity contribution in [1.29, 1.82) is 0 Å². The van der Waals surface area contributed by atoms with Crippen molar-refractivity contribution in [3.8, 4) is 11.3 Å². The van der Waals surface area contributed by atoms with Gasteiger partial charge in [0.2, 0.25) is 0 Å². The van der Waals surface area contributed by atoms with Gasteiger partial charge in [0, 0.05) is 30.7 Å². The van der Waals surface area contributed by atoms with Crippen LogP contribution >= 0.6 is 0 Å². The minimum Gasteiger partial charge on any atom is -0.478 e. The molecule has 0 aliphatic heterocycles. The molecule has 2 aromatic heterocycles. The highest BCUT2D eigenvalue weighted by atomic mass is 16.4. The molecule has 0 fully saturated rings. The first-order valence-electron chi connectivity index (χ1n) is 7.15. The lowest BCUT2D eigenvalue weighted by Crippen LogP contribution is -2.02. The van der Waals surface area contributed by atoms with Crippen LogP contribution in [0.4, 0.5) is 5.69 Å². The van der Waals surface area contributed by atoms with Gasteiger partial charge in [-0.25, -0.2) is 4.79 Å². The molecular formula is C18H15N3O2. The Balaban J connectivity index is 1.76. The van der Waals surface area contributed by atoms with Crippen molar-refractivity contribution in [2.24, 2.45) is 0 Å². The van der Waals surface area contributed by atoms with E-state index in [1.54, 1.807) is 42.9 Å². The van der Waals surface area contributed by atoms with Gasteiger partial charge in [-0.3, -0.25) is 9.97 Å². The molecule has 0 saturated carbocycles. The van der Waals surface area contributed by atoms with E-state index in [1.807, 2.05) is 24.3 Å². The Morgan fingerprint density at radius 2 is 1.91 bits per heavy atom. The number of hydrogen-bond acceptors (Lipinski definition) is 4. The van der Waals surface area contributed by atoms with Gasteiger partial charge in [0.05, 0.1) is 16.9 Å². The molecule has 0 unspecified atom stereocenters. The SMILES string of the molecule is O=C(O)c1ccccc1-c1ccc(CNc2cccnc2)cn1. The number of benzene rings is 1. The molecule has 0 spiro atoms. The van der Waals surface area contributed by atoms with Crippen LogP contribution in [0.5, 0.6) is 0 Å². The van der Waals surface area contributed by atoms with E-state index in [-0.39, 0.29) is 5.56 Å². The molecule has 3 rings (SSSR count). The number of carbonyl (C=O) groups is 1. The van der Waals surface area contributed by atoms with E-state index < -0.39 is 5.97 Å². The Morgan fingerprint density at radius 3 is 2.61 bits per heavy atom. The number of aromatic carboxylic acids is 1. The summed E-state index contributed by atoms with van der Waals surface area (Å²) < 4.78 is 0. The average Bonchev–Trinajstić information content (AvgIpc) is 2.61. The molecule has 5 heteroatoms. The highest BCUT2D eigenvalue weighted by Crippen LogP contribution is 2.22. The third kappa shape index (κ3) is 3.52. The average molecular weight is 305 g/mol. The lowest BCUT2D eigenvalue weighted by Gasteiger charge is -2.08. The highest BCUT2D eigenvalue weighted by Gasteiger charge is 2.11. The maximum atomic E-state index is 11.3. The molecule has 2 heterocycles. The van der Waals surface area contributed by atoms with Crippen LogP contribution < -0.4 is 5.32 Å². The number of aromatic nitrogens is 2. The molecule has 114 valence electrons. The summed E-state index contributed by atoms with van der Waals surface area (Å²) in [6, 6.07) is 14.4. The third-order valence-electron chi connectivity index (χ3n) is 3.42. The van der Waals surface area contributed by atoms with E-state index >= 15 is 0 Å². The normalized spacial score (nSPS) is 10.3. The molecule has 3 aromatic rings. The van der Waals surface area contributed by atoms with Crippen molar-refractivity contribution in [3.05, 3.63) is 78.2 Å². The van der Waals surface area contributed by atoms with E-state index in [0.29, 0.717) is 17.8 Å². The van der Waals surface area contributed by atoms with Gasteiger partial charge in [0.25, 0.3) is 0 Å². The molecule has 0 radical (unpaired) electrons. The number of carboxylic acids is 1. The summed E-state index contributed by atoms with van der Waals surface area (Å²) in [4.78, 5) is 19.7. The molecule has 0 atom stereocenters. The molecule has 5 nitrogen and oxygen atoms in total. The van der Waals surface area contributed by atoms with Gasteiger partial charge in [-0.1, -0.05) is 24.3 Å². The van der Waals surface area contributed by atoms with Gasteiger partial charge in [0.1, 0.15) is 0 Å². The molecular weight excluding hydrogens is 290 g/mol. The number of carboxylic acid groups (broad SMARTS) is 1. The van der Waals surface area contributed by atoms with E-state index in [9.17, 15) is 9.90 Å². The van der Waals surface area contributed by atoms with Gasteiger partial charge in [-0.2, -0.15) is 0 Å². The molecule has 2 N–H and O–H groups in total. The summed E-state index contributed by atoms with van der Waals surface area (Å²) in [6.45, 7) is 0.625. The Bertz CT molecular complexity index is 802.